The number of hydrogen-bond acceptors (Lipinski definition) is 3. The third-order valence-electron chi connectivity index (χ3n) is 5.79. The number of benzene rings is 2. The van der Waals surface area contributed by atoms with Crippen LogP contribution in [-0.2, 0) is 17.3 Å². The molecule has 27 heavy (non-hydrogen) atoms. The number of phenols is 1. The average molecular weight is 368 g/mol. The SMILES string of the molecule is CC1(C)CCC(C)(C)c2cc(CCOc3cccc(C(=O)O)c3O)ccc21. The van der Waals surface area contributed by atoms with Gasteiger partial charge in [0, 0.05) is 6.42 Å². The molecule has 0 spiro atoms. The van der Waals surface area contributed by atoms with Crippen molar-refractivity contribution in [3.63, 3.8) is 0 Å². The maximum atomic E-state index is 11.1. The molecular weight excluding hydrogens is 340 g/mol. The third-order valence-corrected chi connectivity index (χ3v) is 5.79. The first-order valence-corrected chi connectivity index (χ1v) is 9.44. The molecule has 0 fully saturated rings. The van der Waals surface area contributed by atoms with E-state index in [1.165, 1.54) is 35.6 Å². The molecule has 0 atom stereocenters. The summed E-state index contributed by atoms with van der Waals surface area (Å²) in [4.78, 5) is 11.1. The molecule has 3 rings (SSSR count). The Morgan fingerprint density at radius 2 is 1.70 bits per heavy atom. The van der Waals surface area contributed by atoms with Crippen molar-refractivity contribution in [1.29, 1.82) is 0 Å². The first kappa shape index (κ1) is 19.3. The van der Waals surface area contributed by atoms with Crippen LogP contribution in [0.1, 0.15) is 67.6 Å². The van der Waals surface area contributed by atoms with Gasteiger partial charge in [-0.3, -0.25) is 0 Å². The quantitative estimate of drug-likeness (QED) is 0.774. The molecule has 0 saturated heterocycles. The third kappa shape index (κ3) is 3.80. The molecule has 2 aromatic carbocycles. The maximum absolute atomic E-state index is 11.1. The highest BCUT2D eigenvalue weighted by Gasteiger charge is 2.36. The maximum Gasteiger partial charge on any atom is 0.339 e. The highest BCUT2D eigenvalue weighted by Crippen LogP contribution is 2.45. The summed E-state index contributed by atoms with van der Waals surface area (Å²) >= 11 is 0. The molecule has 0 unspecified atom stereocenters. The van der Waals surface area contributed by atoms with E-state index in [9.17, 15) is 9.90 Å². The molecular formula is C23H28O4. The van der Waals surface area contributed by atoms with Crippen LogP contribution >= 0.6 is 0 Å². The van der Waals surface area contributed by atoms with Crippen LogP contribution in [0.3, 0.4) is 0 Å². The fourth-order valence-corrected chi connectivity index (χ4v) is 3.88. The first-order chi connectivity index (χ1) is 12.6. The van der Waals surface area contributed by atoms with Gasteiger partial charge in [0.1, 0.15) is 5.56 Å². The number of rotatable bonds is 5. The Morgan fingerprint density at radius 3 is 2.37 bits per heavy atom. The minimum absolute atomic E-state index is 0.148. The summed E-state index contributed by atoms with van der Waals surface area (Å²) in [5, 5.41) is 19.1. The second-order valence-corrected chi connectivity index (χ2v) is 8.70. The average Bonchev–Trinajstić information content (AvgIpc) is 2.60. The van der Waals surface area contributed by atoms with Gasteiger partial charge in [0.25, 0.3) is 0 Å². The lowest BCUT2D eigenvalue weighted by atomic mass is 9.63. The smallest absolute Gasteiger partial charge is 0.339 e. The Balaban J connectivity index is 1.75. The number of ether oxygens (including phenoxy) is 1. The van der Waals surface area contributed by atoms with Crippen LogP contribution in [0.15, 0.2) is 36.4 Å². The lowest BCUT2D eigenvalue weighted by molar-refractivity contribution is 0.0693. The second-order valence-electron chi connectivity index (χ2n) is 8.70. The zero-order valence-electron chi connectivity index (χ0n) is 16.5. The van der Waals surface area contributed by atoms with Gasteiger partial charge in [-0.1, -0.05) is 52.0 Å². The van der Waals surface area contributed by atoms with E-state index in [0.717, 1.165) is 0 Å². The molecule has 0 amide bonds. The van der Waals surface area contributed by atoms with Crippen LogP contribution in [0.25, 0.3) is 0 Å². The topological polar surface area (TPSA) is 66.8 Å². The van der Waals surface area contributed by atoms with Crippen LogP contribution in [-0.4, -0.2) is 22.8 Å². The van der Waals surface area contributed by atoms with E-state index in [-0.39, 0.29) is 27.9 Å². The van der Waals surface area contributed by atoms with Crippen LogP contribution in [0, 0.1) is 0 Å². The largest absolute Gasteiger partial charge is 0.504 e. The van der Waals surface area contributed by atoms with Gasteiger partial charge in [-0.15, -0.1) is 0 Å². The number of fused-ring (bicyclic) bond motifs is 1. The fraction of sp³-hybridized carbons (Fsp3) is 0.435. The van der Waals surface area contributed by atoms with Crippen LogP contribution in [0.5, 0.6) is 11.5 Å². The van der Waals surface area contributed by atoms with Crippen molar-refractivity contribution >= 4 is 5.97 Å². The summed E-state index contributed by atoms with van der Waals surface area (Å²) < 4.78 is 5.66. The number of aromatic hydroxyl groups is 1. The first-order valence-electron chi connectivity index (χ1n) is 9.44. The lowest BCUT2D eigenvalue weighted by Gasteiger charge is -2.42. The van der Waals surface area contributed by atoms with E-state index in [1.807, 2.05) is 0 Å². The van der Waals surface area contributed by atoms with E-state index in [1.54, 1.807) is 12.1 Å². The van der Waals surface area contributed by atoms with Crippen molar-refractivity contribution in [2.24, 2.45) is 0 Å². The molecule has 2 aromatic rings. The zero-order valence-corrected chi connectivity index (χ0v) is 16.5. The van der Waals surface area contributed by atoms with Gasteiger partial charge in [0.15, 0.2) is 11.5 Å². The van der Waals surface area contributed by atoms with Crippen LogP contribution in [0.4, 0.5) is 0 Å². The van der Waals surface area contributed by atoms with E-state index < -0.39 is 5.97 Å². The van der Waals surface area contributed by atoms with Crippen molar-refractivity contribution in [3.05, 3.63) is 58.7 Å². The van der Waals surface area contributed by atoms with Gasteiger partial charge in [0.05, 0.1) is 6.61 Å². The minimum atomic E-state index is -1.17. The predicted octanol–water partition coefficient (Wildman–Crippen LogP) is 5.06. The fourth-order valence-electron chi connectivity index (χ4n) is 3.88. The Bertz CT molecular complexity index is 865. The zero-order chi connectivity index (χ0) is 19.8. The number of carbonyl (C=O) groups is 1. The highest BCUT2D eigenvalue weighted by molar-refractivity contribution is 5.91. The van der Waals surface area contributed by atoms with E-state index >= 15 is 0 Å². The van der Waals surface area contributed by atoms with Gasteiger partial charge >= 0.3 is 5.97 Å². The van der Waals surface area contributed by atoms with Crippen molar-refractivity contribution in [2.45, 2.75) is 57.8 Å². The Kier molecular flexibility index (Phi) is 4.94. The molecule has 0 saturated carbocycles. The number of para-hydroxylation sites is 1. The number of hydrogen-bond donors (Lipinski definition) is 2. The van der Waals surface area contributed by atoms with E-state index in [4.69, 9.17) is 9.84 Å². The van der Waals surface area contributed by atoms with Gasteiger partial charge in [-0.25, -0.2) is 4.79 Å². The summed E-state index contributed by atoms with van der Waals surface area (Å²) in [7, 11) is 0. The molecule has 1 aliphatic carbocycles. The normalized spacial score (nSPS) is 17.2. The van der Waals surface area contributed by atoms with Crippen molar-refractivity contribution in [3.8, 4) is 11.5 Å². The molecule has 144 valence electrons. The number of carboxylic acids is 1. The monoisotopic (exact) mass is 368 g/mol. The Labute approximate surface area is 160 Å². The summed E-state index contributed by atoms with van der Waals surface area (Å²) in [6.45, 7) is 9.59. The Morgan fingerprint density at radius 1 is 1.04 bits per heavy atom. The van der Waals surface area contributed by atoms with E-state index in [0.29, 0.717) is 13.0 Å². The van der Waals surface area contributed by atoms with Gasteiger partial charge in [-0.05, 0) is 52.5 Å². The summed E-state index contributed by atoms with van der Waals surface area (Å²) in [6, 6.07) is 11.2. The Hall–Kier alpha value is -2.49. The molecule has 2 N–H and O–H groups in total. The van der Waals surface area contributed by atoms with Gasteiger partial charge in [-0.2, -0.15) is 0 Å². The second kappa shape index (κ2) is 6.91. The minimum Gasteiger partial charge on any atom is -0.504 e. The summed E-state index contributed by atoms with van der Waals surface area (Å²) in [5.41, 5.74) is 4.24. The molecule has 0 aliphatic heterocycles. The van der Waals surface area contributed by atoms with Crippen molar-refractivity contribution in [2.75, 3.05) is 6.61 Å². The van der Waals surface area contributed by atoms with Crippen molar-refractivity contribution in [1.82, 2.24) is 0 Å². The summed E-state index contributed by atoms with van der Waals surface area (Å²) in [6.07, 6.45) is 3.05. The van der Waals surface area contributed by atoms with Gasteiger partial charge in [0.2, 0.25) is 0 Å². The molecule has 4 heteroatoms. The molecule has 0 heterocycles. The van der Waals surface area contributed by atoms with E-state index in [2.05, 4.69) is 45.9 Å². The lowest BCUT2D eigenvalue weighted by Crippen LogP contribution is -2.33. The summed E-state index contributed by atoms with van der Waals surface area (Å²) in [5.74, 6) is -1.29. The molecule has 1 aliphatic rings. The van der Waals surface area contributed by atoms with Gasteiger partial charge < -0.3 is 14.9 Å². The predicted molar refractivity (Wildman–Crippen MR) is 106 cm³/mol. The molecule has 0 radical (unpaired) electrons. The molecule has 4 nitrogen and oxygen atoms in total. The van der Waals surface area contributed by atoms with Crippen LogP contribution < -0.4 is 4.74 Å². The molecule has 0 bridgehead atoms. The standard InChI is InChI=1S/C23H28O4/c1-22(2)11-12-23(3,4)18-14-15(8-9-17(18)22)10-13-27-19-7-5-6-16(20(19)24)21(25)26/h5-9,14,24H,10-13H2,1-4H3,(H,25,26). The number of aromatic carboxylic acids is 1. The molecule has 0 aromatic heterocycles. The highest BCUT2D eigenvalue weighted by atomic mass is 16.5. The van der Waals surface area contributed by atoms with Crippen LogP contribution in [0.2, 0.25) is 0 Å². The number of carboxylic acid groups (broad SMARTS) is 1. The van der Waals surface area contributed by atoms with Crippen molar-refractivity contribution < 1.29 is 19.7 Å².